The summed E-state index contributed by atoms with van der Waals surface area (Å²) < 4.78 is 29.6. The highest BCUT2D eigenvalue weighted by Gasteiger charge is 2.18. The summed E-state index contributed by atoms with van der Waals surface area (Å²) in [5.74, 6) is -0.348. The van der Waals surface area contributed by atoms with Gasteiger partial charge in [0.05, 0.1) is 27.9 Å². The molecule has 2 N–H and O–H groups in total. The lowest BCUT2D eigenvalue weighted by Gasteiger charge is -2.09. The van der Waals surface area contributed by atoms with E-state index in [1.165, 1.54) is 48.8 Å². The van der Waals surface area contributed by atoms with E-state index < -0.39 is 15.8 Å². The number of aromatic carboxylic acids is 1. The number of nitrogens with zero attached hydrogens (tertiary/aromatic N) is 3. The first-order valence-electron chi connectivity index (χ1n) is 8.91. The van der Waals surface area contributed by atoms with Crippen molar-refractivity contribution in [2.45, 2.75) is 11.8 Å². The van der Waals surface area contributed by atoms with Crippen LogP contribution in [0.15, 0.2) is 59.9 Å². The molecule has 4 aromatic rings. The van der Waals surface area contributed by atoms with Crippen molar-refractivity contribution < 1.29 is 23.1 Å². The Labute approximate surface area is 171 Å². The van der Waals surface area contributed by atoms with Gasteiger partial charge in [0.1, 0.15) is 22.8 Å². The van der Waals surface area contributed by atoms with Gasteiger partial charge < -0.3 is 14.8 Å². The van der Waals surface area contributed by atoms with E-state index in [0.717, 1.165) is 0 Å². The van der Waals surface area contributed by atoms with Crippen molar-refractivity contribution in [2.24, 2.45) is 0 Å². The molecule has 0 bridgehead atoms. The van der Waals surface area contributed by atoms with Crippen LogP contribution in [0.4, 0.5) is 0 Å². The lowest BCUT2D eigenvalue weighted by molar-refractivity contribution is 0.0694. The Hall–Kier alpha value is -3.79. The summed E-state index contributed by atoms with van der Waals surface area (Å²) in [5.41, 5.74) is 1.43. The first kappa shape index (κ1) is 19.5. The molecule has 0 aliphatic rings. The lowest BCUT2D eigenvalue weighted by Crippen LogP contribution is -2.03. The molecule has 0 amide bonds. The fourth-order valence-electron chi connectivity index (χ4n) is 2.84. The molecule has 0 spiro atoms. The monoisotopic (exact) mass is 424 g/mol. The van der Waals surface area contributed by atoms with Gasteiger partial charge in [-0.1, -0.05) is 6.92 Å². The molecule has 30 heavy (non-hydrogen) atoms. The van der Waals surface area contributed by atoms with E-state index in [4.69, 9.17) is 4.74 Å². The topological polar surface area (TPSA) is 135 Å². The standard InChI is InChI=1S/C20H16N4O5S/c1-2-30(27,28)13-5-3-12(4-6-13)29-18-10-16-15(9-14(18)20(25)26)23-19(24-16)17-11-21-7-8-22-17/h3-11H,2H2,1H3,(H,23,24)(H,25,26). The Morgan fingerprint density at radius 2 is 1.93 bits per heavy atom. The Morgan fingerprint density at radius 3 is 2.57 bits per heavy atom. The van der Waals surface area contributed by atoms with Gasteiger partial charge >= 0.3 is 5.97 Å². The Morgan fingerprint density at radius 1 is 1.17 bits per heavy atom. The molecule has 0 aliphatic carbocycles. The van der Waals surface area contributed by atoms with Gasteiger partial charge in [0.15, 0.2) is 15.7 Å². The van der Waals surface area contributed by atoms with Crippen LogP contribution in [0.2, 0.25) is 0 Å². The highest BCUT2D eigenvalue weighted by molar-refractivity contribution is 7.91. The number of carboxylic acids is 1. The summed E-state index contributed by atoms with van der Waals surface area (Å²) in [4.78, 5) is 27.5. The van der Waals surface area contributed by atoms with Crippen molar-refractivity contribution in [2.75, 3.05) is 5.75 Å². The minimum Gasteiger partial charge on any atom is -0.478 e. The summed E-state index contributed by atoms with van der Waals surface area (Å²) in [5, 5.41) is 9.59. The molecular formula is C20H16N4O5S. The van der Waals surface area contributed by atoms with Gasteiger partial charge in [-0.3, -0.25) is 4.98 Å². The Balaban J connectivity index is 1.72. The molecule has 0 atom stereocenters. The maximum Gasteiger partial charge on any atom is 0.339 e. The van der Waals surface area contributed by atoms with E-state index in [2.05, 4.69) is 19.9 Å². The van der Waals surface area contributed by atoms with E-state index in [9.17, 15) is 18.3 Å². The number of imidazole rings is 1. The molecule has 2 heterocycles. The van der Waals surface area contributed by atoms with Crippen molar-refractivity contribution >= 4 is 26.8 Å². The normalized spacial score (nSPS) is 11.5. The molecular weight excluding hydrogens is 408 g/mol. The van der Waals surface area contributed by atoms with Crippen molar-refractivity contribution in [3.8, 4) is 23.0 Å². The number of rotatable bonds is 6. The first-order valence-corrected chi connectivity index (χ1v) is 10.6. The van der Waals surface area contributed by atoms with Gasteiger partial charge in [0, 0.05) is 18.5 Å². The van der Waals surface area contributed by atoms with Gasteiger partial charge in [0.2, 0.25) is 0 Å². The highest BCUT2D eigenvalue weighted by atomic mass is 32.2. The fraction of sp³-hybridized carbons (Fsp3) is 0.100. The van der Waals surface area contributed by atoms with Crippen molar-refractivity contribution in [3.63, 3.8) is 0 Å². The predicted octanol–water partition coefficient (Wildman–Crippen LogP) is 3.30. The Kier molecular flexibility index (Phi) is 4.92. The molecule has 2 aromatic carbocycles. The highest BCUT2D eigenvalue weighted by Crippen LogP contribution is 2.31. The summed E-state index contributed by atoms with van der Waals surface area (Å²) in [6.45, 7) is 1.56. The van der Waals surface area contributed by atoms with Crippen LogP contribution in [-0.2, 0) is 9.84 Å². The maximum atomic E-state index is 11.9. The second-order valence-corrected chi connectivity index (χ2v) is 8.60. The number of carboxylic acid groups (broad SMARTS) is 1. The molecule has 0 saturated heterocycles. The molecule has 2 aromatic heterocycles. The van der Waals surface area contributed by atoms with E-state index in [-0.39, 0.29) is 22.0 Å². The second-order valence-electron chi connectivity index (χ2n) is 6.32. The number of carbonyl (C=O) groups is 1. The average molecular weight is 424 g/mol. The number of hydrogen-bond donors (Lipinski definition) is 2. The van der Waals surface area contributed by atoms with E-state index in [1.807, 2.05) is 0 Å². The number of sulfone groups is 1. The third-order valence-corrected chi connectivity index (χ3v) is 6.16. The second kappa shape index (κ2) is 7.56. The predicted molar refractivity (Wildman–Crippen MR) is 108 cm³/mol. The molecule has 10 heteroatoms. The minimum absolute atomic E-state index is 0.0129. The zero-order valence-electron chi connectivity index (χ0n) is 15.7. The van der Waals surface area contributed by atoms with Gasteiger partial charge in [-0.05, 0) is 30.3 Å². The third-order valence-electron chi connectivity index (χ3n) is 4.41. The number of aromatic nitrogens is 4. The summed E-state index contributed by atoms with van der Waals surface area (Å²) in [7, 11) is -3.34. The van der Waals surface area contributed by atoms with Crippen LogP contribution in [0.5, 0.6) is 11.5 Å². The van der Waals surface area contributed by atoms with Crippen LogP contribution in [-0.4, -0.2) is 45.2 Å². The van der Waals surface area contributed by atoms with Crippen LogP contribution >= 0.6 is 0 Å². The molecule has 9 nitrogen and oxygen atoms in total. The van der Waals surface area contributed by atoms with Crippen molar-refractivity contribution in [1.82, 2.24) is 19.9 Å². The van der Waals surface area contributed by atoms with Gasteiger partial charge in [-0.2, -0.15) is 0 Å². The largest absolute Gasteiger partial charge is 0.478 e. The first-order chi connectivity index (χ1) is 14.4. The number of nitrogens with one attached hydrogen (secondary N) is 1. The van der Waals surface area contributed by atoms with Crippen LogP contribution in [0.1, 0.15) is 17.3 Å². The van der Waals surface area contributed by atoms with Crippen molar-refractivity contribution in [3.05, 3.63) is 60.6 Å². The van der Waals surface area contributed by atoms with Crippen LogP contribution < -0.4 is 4.74 Å². The average Bonchev–Trinajstić information content (AvgIpc) is 3.17. The number of H-pyrrole nitrogens is 1. The summed E-state index contributed by atoms with van der Waals surface area (Å²) in [6.07, 6.45) is 4.61. The number of ether oxygens (including phenoxy) is 1. The SMILES string of the molecule is CCS(=O)(=O)c1ccc(Oc2cc3[nH]c(-c4cnccn4)nc3cc2C(=O)O)cc1. The maximum absolute atomic E-state index is 11.9. The lowest BCUT2D eigenvalue weighted by atomic mass is 10.1. The third kappa shape index (κ3) is 3.72. The molecule has 0 aliphatic heterocycles. The summed E-state index contributed by atoms with van der Waals surface area (Å²) in [6, 6.07) is 8.75. The number of benzene rings is 2. The molecule has 0 unspecified atom stereocenters. The van der Waals surface area contributed by atoms with Gasteiger partial charge in [-0.25, -0.2) is 23.2 Å². The zero-order chi connectivity index (χ0) is 21.3. The van der Waals surface area contributed by atoms with Gasteiger partial charge in [-0.15, -0.1) is 0 Å². The molecule has 152 valence electrons. The fourth-order valence-corrected chi connectivity index (χ4v) is 3.72. The number of hydrogen-bond acceptors (Lipinski definition) is 7. The smallest absolute Gasteiger partial charge is 0.339 e. The minimum atomic E-state index is -3.34. The molecule has 0 fully saturated rings. The van der Waals surface area contributed by atoms with Crippen LogP contribution in [0, 0.1) is 0 Å². The van der Waals surface area contributed by atoms with Crippen LogP contribution in [0.25, 0.3) is 22.6 Å². The number of fused-ring (bicyclic) bond motifs is 1. The molecule has 4 rings (SSSR count). The number of aromatic amines is 1. The quantitative estimate of drug-likeness (QED) is 0.481. The van der Waals surface area contributed by atoms with E-state index in [1.54, 1.807) is 13.1 Å². The molecule has 0 radical (unpaired) electrons. The van der Waals surface area contributed by atoms with E-state index in [0.29, 0.717) is 28.3 Å². The van der Waals surface area contributed by atoms with Gasteiger partial charge in [0.25, 0.3) is 0 Å². The van der Waals surface area contributed by atoms with Crippen LogP contribution in [0.3, 0.4) is 0 Å². The van der Waals surface area contributed by atoms with E-state index >= 15 is 0 Å². The summed E-state index contributed by atoms with van der Waals surface area (Å²) >= 11 is 0. The molecule has 0 saturated carbocycles. The van der Waals surface area contributed by atoms with Crippen molar-refractivity contribution in [1.29, 1.82) is 0 Å². The Bertz CT molecular complexity index is 1330. The zero-order valence-corrected chi connectivity index (χ0v) is 16.5.